The molecule has 13 rings (SSSR count). The number of halogens is 4. The molecule has 0 radical (unpaired) electrons. The number of thiophene rings is 4. The van der Waals surface area contributed by atoms with Gasteiger partial charge >= 0.3 is 0 Å². The van der Waals surface area contributed by atoms with E-state index in [1.54, 1.807) is 73.8 Å². The summed E-state index contributed by atoms with van der Waals surface area (Å²) in [7, 11) is 6.39. The molecule has 64 heavy (non-hydrogen) atoms. The van der Waals surface area contributed by atoms with Crippen LogP contribution in [-0.2, 0) is 38.4 Å². The maximum Gasteiger partial charge on any atom is 0.219 e. The summed E-state index contributed by atoms with van der Waals surface area (Å²) in [5.74, 6) is -4.44. The molecule has 16 heteroatoms. The summed E-state index contributed by atoms with van der Waals surface area (Å²) < 4.78 is 25.9. The second-order valence-corrected chi connectivity index (χ2v) is 23.8. The molecule has 0 spiro atoms. The summed E-state index contributed by atoms with van der Waals surface area (Å²) in [6, 6.07) is 29.4. The van der Waals surface area contributed by atoms with E-state index in [1.165, 1.54) is 19.5 Å². The summed E-state index contributed by atoms with van der Waals surface area (Å²) >= 11 is 39.8. The van der Waals surface area contributed by atoms with Crippen LogP contribution < -0.4 is 0 Å². The van der Waals surface area contributed by atoms with Gasteiger partial charge in [-0.3, -0.25) is 0 Å². The van der Waals surface area contributed by atoms with Crippen LogP contribution in [0.4, 0.5) is 0 Å². The Morgan fingerprint density at radius 1 is 0.438 bits per heavy atom. The Kier molecular flexibility index (Phi) is 8.85. The maximum absolute atomic E-state index is 8.22. The Morgan fingerprint density at radius 2 is 0.781 bits per heavy atom. The Morgan fingerprint density at radius 3 is 1.11 bits per heavy atom. The van der Waals surface area contributed by atoms with Crippen LogP contribution in [0.5, 0.6) is 0 Å². The van der Waals surface area contributed by atoms with Gasteiger partial charge in [0.1, 0.15) is 19.5 Å². The Hall–Kier alpha value is -3.08. The molecule has 5 aliphatic carbocycles. The first kappa shape index (κ1) is 41.1. The zero-order valence-electron chi connectivity index (χ0n) is 34.5. The Balaban J connectivity index is 0.934. The number of nitrogens with zero attached hydrogens (tertiary/aromatic N) is 4. The molecule has 0 N–H and O–H groups in total. The molecule has 0 saturated heterocycles. The van der Waals surface area contributed by atoms with Gasteiger partial charge in [-0.05, 0) is 119 Å². The molecule has 8 nitrogen and oxygen atoms in total. The van der Waals surface area contributed by atoms with E-state index in [-0.39, 0.29) is 23.7 Å². The first-order valence-electron chi connectivity index (χ1n) is 20.9. The van der Waals surface area contributed by atoms with Gasteiger partial charge < -0.3 is 18.9 Å². The van der Waals surface area contributed by atoms with E-state index < -0.39 is 31.1 Å². The van der Waals surface area contributed by atoms with Crippen LogP contribution in [0.2, 0.25) is 0 Å². The van der Waals surface area contributed by atoms with Crippen molar-refractivity contribution in [2.45, 2.75) is 43.9 Å². The number of alkyl halides is 4. The summed E-state index contributed by atoms with van der Waals surface area (Å²) in [6.07, 6.45) is 0.939. The molecule has 324 valence electrons. The van der Waals surface area contributed by atoms with Gasteiger partial charge in [-0.15, -0.1) is 91.8 Å². The van der Waals surface area contributed by atoms with Crippen LogP contribution in [0, 0.1) is 23.7 Å². The lowest BCUT2D eigenvalue weighted by atomic mass is 9.59. The molecular formula is C48H36Cl4N4O4S4. The minimum absolute atomic E-state index is 0.338. The quantitative estimate of drug-likeness (QED) is 0.110. The minimum atomic E-state index is -1.54. The molecule has 0 unspecified atom stereocenters. The SMILES string of the molecule is COC1(OC)[C@@]2(Cl)c3nc4ccc(-c5ccc(-c6cccs6)s5)cc4nc3[C@]1(Cl)[C@@H]1C[C@H]3[C@@H](C[C@@H]12)[C@@]1(Cl)c2nc4cc(-c5ccc(-c6cccs6)s5)ccc4nc2[C@]3(Cl)C1(OC)OC. The third kappa shape index (κ3) is 4.62. The molecule has 8 aromatic rings. The highest BCUT2D eigenvalue weighted by Gasteiger charge is 2.91. The lowest BCUT2D eigenvalue weighted by molar-refractivity contribution is -0.241. The summed E-state index contributed by atoms with van der Waals surface area (Å²) in [4.78, 5) is 23.0. The van der Waals surface area contributed by atoms with Gasteiger partial charge in [0.15, 0.2) is 0 Å². The number of hydrogen-bond donors (Lipinski definition) is 0. The highest BCUT2D eigenvalue weighted by atomic mass is 35.5. The van der Waals surface area contributed by atoms with Crippen molar-refractivity contribution in [1.82, 2.24) is 19.9 Å². The summed E-state index contributed by atoms with van der Waals surface area (Å²) in [5, 5.41) is 4.19. The number of methoxy groups -OCH3 is 4. The van der Waals surface area contributed by atoms with Gasteiger partial charge in [-0.2, -0.15) is 0 Å². The molecule has 3 saturated carbocycles. The van der Waals surface area contributed by atoms with Crippen molar-refractivity contribution < 1.29 is 18.9 Å². The highest BCUT2D eigenvalue weighted by molar-refractivity contribution is 7.23. The van der Waals surface area contributed by atoms with Crippen LogP contribution >= 0.6 is 91.8 Å². The van der Waals surface area contributed by atoms with E-state index in [2.05, 4.69) is 83.6 Å². The number of aromatic nitrogens is 4. The molecule has 0 aliphatic heterocycles. The first-order valence-corrected chi connectivity index (χ1v) is 25.8. The predicted octanol–water partition coefficient (Wildman–Crippen LogP) is 13.2. The van der Waals surface area contributed by atoms with Crippen LogP contribution in [0.1, 0.15) is 35.6 Å². The Bertz CT molecular complexity index is 3010. The van der Waals surface area contributed by atoms with Gasteiger partial charge in [-0.25, -0.2) is 19.9 Å². The fraction of sp³-hybridized carbons (Fsp3) is 0.333. The Labute approximate surface area is 404 Å². The van der Waals surface area contributed by atoms with Gasteiger partial charge in [-0.1, -0.05) is 24.3 Å². The van der Waals surface area contributed by atoms with Crippen molar-refractivity contribution in [3.8, 4) is 40.4 Å². The number of hydrogen-bond acceptors (Lipinski definition) is 12. The molecular weight excluding hydrogens is 967 g/mol. The number of benzene rings is 2. The third-order valence-electron chi connectivity index (χ3n) is 15.1. The van der Waals surface area contributed by atoms with E-state index >= 15 is 0 Å². The molecule has 3 fully saturated rings. The second-order valence-electron chi connectivity index (χ2n) is 17.3. The minimum Gasteiger partial charge on any atom is -0.349 e. The third-order valence-corrected chi connectivity index (χ3v) is 22.3. The fourth-order valence-corrected chi connectivity index (χ4v) is 19.1. The number of ether oxygens (including phenoxy) is 4. The van der Waals surface area contributed by atoms with Crippen molar-refractivity contribution in [3.05, 3.63) is 118 Å². The topological polar surface area (TPSA) is 88.5 Å². The van der Waals surface area contributed by atoms with E-state index in [0.717, 1.165) is 20.9 Å². The lowest BCUT2D eigenvalue weighted by Crippen LogP contribution is -2.54. The normalized spacial score (nSPS) is 31.1. The van der Waals surface area contributed by atoms with Crippen molar-refractivity contribution in [1.29, 1.82) is 0 Å². The standard InChI is InChI=1S/C48H36Cl4N4O4S4/c1-57-47(58-2)43(49)25-21-28-26(22-27(25)45(47,51)41-39(43)53-29-11-9-23(19-31(29)55-41)33-13-15-37(63-33)35-7-5-17-61-35)44(50)40-42(46(28,52)48(44,59-3)60-4)56-32-20-24(10-12-30(32)54-40)34-14-16-38(64-34)36-8-6-18-62-36/h5-20,25-28H,21-22H2,1-4H3/t25-,26-,27+,28+,43-,44-,45+,46+/m0/s1. The zero-order chi connectivity index (χ0) is 43.8. The molecule has 4 bridgehead atoms. The summed E-state index contributed by atoms with van der Waals surface area (Å²) in [6.45, 7) is 0. The number of rotatable bonds is 8. The molecule has 6 aromatic heterocycles. The largest absolute Gasteiger partial charge is 0.349 e. The van der Waals surface area contributed by atoms with Crippen LogP contribution in [0.3, 0.4) is 0 Å². The van der Waals surface area contributed by atoms with Crippen molar-refractivity contribution in [2.24, 2.45) is 23.7 Å². The monoisotopic (exact) mass is 1000 g/mol. The van der Waals surface area contributed by atoms with Gasteiger partial charge in [0.05, 0.1) is 44.8 Å². The van der Waals surface area contributed by atoms with Gasteiger partial charge in [0, 0.05) is 57.7 Å². The maximum atomic E-state index is 8.22. The zero-order valence-corrected chi connectivity index (χ0v) is 40.8. The molecule has 5 aliphatic rings. The van der Waals surface area contributed by atoms with Crippen LogP contribution in [0.15, 0.2) is 95.7 Å². The smallest absolute Gasteiger partial charge is 0.219 e. The molecule has 8 atom stereocenters. The number of fused-ring (bicyclic) bond motifs is 18. The predicted molar refractivity (Wildman–Crippen MR) is 259 cm³/mol. The highest BCUT2D eigenvalue weighted by Crippen LogP contribution is 2.84. The fourth-order valence-electron chi connectivity index (χ4n) is 12.7. The lowest BCUT2D eigenvalue weighted by Gasteiger charge is -2.49. The van der Waals surface area contributed by atoms with Gasteiger partial charge in [0.2, 0.25) is 11.6 Å². The molecule has 0 amide bonds. The van der Waals surface area contributed by atoms with E-state index in [4.69, 9.17) is 85.3 Å². The van der Waals surface area contributed by atoms with Crippen LogP contribution in [0.25, 0.3) is 62.5 Å². The summed E-state index contributed by atoms with van der Waals surface area (Å²) in [5.41, 5.74) is 7.08. The van der Waals surface area contributed by atoms with Crippen LogP contribution in [-0.4, -0.2) is 59.9 Å². The van der Waals surface area contributed by atoms with E-state index in [1.807, 2.05) is 12.1 Å². The average Bonchev–Trinajstić information content (AvgIpc) is 4.19. The molecule has 6 heterocycles. The molecule has 2 aromatic carbocycles. The van der Waals surface area contributed by atoms with Crippen molar-refractivity contribution in [2.75, 3.05) is 28.4 Å². The van der Waals surface area contributed by atoms with Gasteiger partial charge in [0.25, 0.3) is 0 Å². The first-order chi connectivity index (χ1) is 30.9. The second kappa shape index (κ2) is 13.8. The van der Waals surface area contributed by atoms with Crippen molar-refractivity contribution >= 4 is 114 Å². The van der Waals surface area contributed by atoms with E-state index in [0.29, 0.717) is 57.7 Å². The average molecular weight is 1000 g/mol. The van der Waals surface area contributed by atoms with Crippen molar-refractivity contribution in [3.63, 3.8) is 0 Å². The van der Waals surface area contributed by atoms with E-state index in [9.17, 15) is 0 Å².